The third-order valence-corrected chi connectivity index (χ3v) is 1.94. The summed E-state index contributed by atoms with van der Waals surface area (Å²) >= 11 is 0. The van der Waals surface area contributed by atoms with Gasteiger partial charge in [0.15, 0.2) is 5.69 Å². The van der Waals surface area contributed by atoms with Crippen molar-refractivity contribution in [3.8, 4) is 11.4 Å². The Hall–Kier alpha value is -2.11. The van der Waals surface area contributed by atoms with Crippen molar-refractivity contribution < 1.29 is 9.90 Å². The number of hydrogen-bond donors (Lipinski definition) is 2. The minimum absolute atomic E-state index is 0.0631. The summed E-state index contributed by atoms with van der Waals surface area (Å²) in [4.78, 5) is 10.8. The molecule has 2 aromatic heterocycles. The topological polar surface area (TPSA) is 83.8 Å². The standard InChI is InChI=1S/C8H8N4O2/c1-12-4-2-3-5(12)6-7(8(13)14)10-11-9-6/h2-4H,1H3,(H,13,14)(H,9,10,11). The largest absolute Gasteiger partial charge is 0.476 e. The van der Waals surface area contributed by atoms with Crippen molar-refractivity contribution in [1.29, 1.82) is 0 Å². The molecule has 0 unspecified atom stereocenters. The Labute approximate surface area is 79.2 Å². The van der Waals surface area contributed by atoms with Crippen molar-refractivity contribution in [2.75, 3.05) is 0 Å². The highest BCUT2D eigenvalue weighted by molar-refractivity contribution is 5.91. The summed E-state index contributed by atoms with van der Waals surface area (Å²) in [5, 5.41) is 18.5. The highest BCUT2D eigenvalue weighted by atomic mass is 16.4. The van der Waals surface area contributed by atoms with E-state index in [0.717, 1.165) is 5.69 Å². The number of carboxylic acids is 1. The third kappa shape index (κ3) is 1.17. The number of aromatic amines is 1. The van der Waals surface area contributed by atoms with Gasteiger partial charge in [0, 0.05) is 13.2 Å². The lowest BCUT2D eigenvalue weighted by Crippen LogP contribution is -2.01. The van der Waals surface area contributed by atoms with Gasteiger partial charge < -0.3 is 9.67 Å². The van der Waals surface area contributed by atoms with E-state index in [4.69, 9.17) is 5.11 Å². The summed E-state index contributed by atoms with van der Waals surface area (Å²) in [6.45, 7) is 0. The Bertz CT molecular complexity index is 471. The molecular weight excluding hydrogens is 184 g/mol. The number of carbonyl (C=O) groups is 1. The van der Waals surface area contributed by atoms with Crippen LogP contribution < -0.4 is 0 Å². The fraction of sp³-hybridized carbons (Fsp3) is 0.125. The third-order valence-electron chi connectivity index (χ3n) is 1.94. The molecule has 0 saturated heterocycles. The molecule has 2 rings (SSSR count). The molecule has 0 radical (unpaired) electrons. The first-order valence-corrected chi connectivity index (χ1v) is 3.96. The van der Waals surface area contributed by atoms with E-state index in [0.29, 0.717) is 5.69 Å². The number of hydrogen-bond acceptors (Lipinski definition) is 3. The number of nitrogens with one attached hydrogen (secondary N) is 1. The molecule has 0 spiro atoms. The van der Waals surface area contributed by atoms with E-state index in [2.05, 4.69) is 15.4 Å². The van der Waals surface area contributed by atoms with Crippen molar-refractivity contribution in [3.63, 3.8) is 0 Å². The minimum atomic E-state index is -1.09. The predicted molar refractivity (Wildman–Crippen MR) is 47.7 cm³/mol. The van der Waals surface area contributed by atoms with Crippen LogP contribution in [0.3, 0.4) is 0 Å². The predicted octanol–water partition coefficient (Wildman–Crippen LogP) is 0.508. The first-order chi connectivity index (χ1) is 6.70. The van der Waals surface area contributed by atoms with Gasteiger partial charge in [-0.2, -0.15) is 10.3 Å². The normalized spacial score (nSPS) is 10.4. The lowest BCUT2D eigenvalue weighted by Gasteiger charge is -1.98. The van der Waals surface area contributed by atoms with Crippen LogP contribution in [0.4, 0.5) is 0 Å². The Morgan fingerprint density at radius 3 is 2.93 bits per heavy atom. The second kappa shape index (κ2) is 2.99. The van der Waals surface area contributed by atoms with Crippen LogP contribution in [0.25, 0.3) is 11.4 Å². The zero-order valence-corrected chi connectivity index (χ0v) is 7.43. The van der Waals surface area contributed by atoms with Gasteiger partial charge in [-0.3, -0.25) is 0 Å². The van der Waals surface area contributed by atoms with Gasteiger partial charge in [-0.1, -0.05) is 0 Å². The molecule has 0 aliphatic rings. The van der Waals surface area contributed by atoms with Gasteiger partial charge in [-0.05, 0) is 12.1 Å². The van der Waals surface area contributed by atoms with Crippen molar-refractivity contribution in [2.45, 2.75) is 0 Å². The van der Waals surface area contributed by atoms with E-state index in [-0.39, 0.29) is 5.69 Å². The Morgan fingerprint density at radius 2 is 2.36 bits per heavy atom. The SMILES string of the molecule is Cn1cccc1-c1n[nH]nc1C(=O)O. The van der Waals surface area contributed by atoms with E-state index in [9.17, 15) is 4.79 Å². The molecular formula is C8H8N4O2. The van der Waals surface area contributed by atoms with E-state index < -0.39 is 5.97 Å². The van der Waals surface area contributed by atoms with Crippen molar-refractivity contribution >= 4 is 5.97 Å². The fourth-order valence-electron chi connectivity index (χ4n) is 1.27. The summed E-state index contributed by atoms with van der Waals surface area (Å²) < 4.78 is 1.78. The van der Waals surface area contributed by atoms with Gasteiger partial charge in [0.1, 0.15) is 5.69 Å². The molecule has 0 atom stereocenters. The van der Waals surface area contributed by atoms with Gasteiger partial charge in [0.05, 0.1) is 5.69 Å². The number of H-pyrrole nitrogens is 1. The highest BCUT2D eigenvalue weighted by Gasteiger charge is 2.17. The lowest BCUT2D eigenvalue weighted by molar-refractivity contribution is 0.0691. The Balaban J connectivity index is 2.57. The van der Waals surface area contributed by atoms with Gasteiger partial charge >= 0.3 is 5.97 Å². The fourth-order valence-corrected chi connectivity index (χ4v) is 1.27. The van der Waals surface area contributed by atoms with Crippen LogP contribution in [-0.4, -0.2) is 31.1 Å². The van der Waals surface area contributed by atoms with Crippen molar-refractivity contribution in [1.82, 2.24) is 20.0 Å². The van der Waals surface area contributed by atoms with Gasteiger partial charge in [-0.15, -0.1) is 5.10 Å². The maximum Gasteiger partial charge on any atom is 0.358 e. The summed E-state index contributed by atoms with van der Waals surface area (Å²) in [7, 11) is 1.82. The number of nitrogens with zero attached hydrogens (tertiary/aromatic N) is 3. The number of carboxylic acid groups (broad SMARTS) is 1. The zero-order chi connectivity index (χ0) is 10.1. The molecule has 6 nitrogen and oxygen atoms in total. The quantitative estimate of drug-likeness (QED) is 0.726. The van der Waals surface area contributed by atoms with Crippen LogP contribution in [0, 0.1) is 0 Å². The number of aromatic nitrogens is 4. The van der Waals surface area contributed by atoms with Crippen LogP contribution in [0.15, 0.2) is 18.3 Å². The van der Waals surface area contributed by atoms with E-state index >= 15 is 0 Å². The van der Waals surface area contributed by atoms with Crippen LogP contribution in [-0.2, 0) is 7.05 Å². The molecule has 2 heterocycles. The van der Waals surface area contributed by atoms with Gasteiger partial charge in [0.2, 0.25) is 0 Å². The average molecular weight is 192 g/mol. The number of aryl methyl sites for hydroxylation is 1. The second-order valence-corrected chi connectivity index (χ2v) is 2.83. The molecule has 0 saturated carbocycles. The van der Waals surface area contributed by atoms with Gasteiger partial charge in [0.25, 0.3) is 0 Å². The summed E-state index contributed by atoms with van der Waals surface area (Å²) in [6.07, 6.45) is 1.82. The summed E-state index contributed by atoms with van der Waals surface area (Å²) in [5.74, 6) is -1.09. The zero-order valence-electron chi connectivity index (χ0n) is 7.43. The number of rotatable bonds is 2. The highest BCUT2D eigenvalue weighted by Crippen LogP contribution is 2.18. The molecule has 72 valence electrons. The first-order valence-electron chi connectivity index (χ1n) is 3.96. The van der Waals surface area contributed by atoms with E-state index in [1.54, 1.807) is 10.6 Å². The first kappa shape index (κ1) is 8.49. The van der Waals surface area contributed by atoms with Crippen molar-refractivity contribution in [3.05, 3.63) is 24.0 Å². The molecule has 0 aromatic carbocycles. The second-order valence-electron chi connectivity index (χ2n) is 2.83. The molecule has 2 aromatic rings. The van der Waals surface area contributed by atoms with Gasteiger partial charge in [-0.25, -0.2) is 4.79 Å². The van der Waals surface area contributed by atoms with E-state index in [1.165, 1.54) is 0 Å². The lowest BCUT2D eigenvalue weighted by atomic mass is 10.2. The molecule has 0 aliphatic heterocycles. The molecule has 6 heteroatoms. The minimum Gasteiger partial charge on any atom is -0.476 e. The maximum absolute atomic E-state index is 10.8. The van der Waals surface area contributed by atoms with E-state index in [1.807, 2.05) is 19.3 Å². The number of aromatic carboxylic acids is 1. The van der Waals surface area contributed by atoms with Crippen LogP contribution >= 0.6 is 0 Å². The molecule has 0 aliphatic carbocycles. The summed E-state index contributed by atoms with van der Waals surface area (Å²) in [6, 6.07) is 3.60. The molecule has 0 fully saturated rings. The molecule has 0 amide bonds. The van der Waals surface area contributed by atoms with Crippen LogP contribution in [0.2, 0.25) is 0 Å². The Kier molecular flexibility index (Phi) is 1.81. The molecule has 14 heavy (non-hydrogen) atoms. The average Bonchev–Trinajstić information content (AvgIpc) is 2.70. The summed E-state index contributed by atoms with van der Waals surface area (Å²) in [5.41, 5.74) is 1.01. The Morgan fingerprint density at radius 1 is 1.57 bits per heavy atom. The smallest absolute Gasteiger partial charge is 0.358 e. The van der Waals surface area contributed by atoms with Crippen molar-refractivity contribution in [2.24, 2.45) is 7.05 Å². The van der Waals surface area contributed by atoms with Crippen LogP contribution in [0.5, 0.6) is 0 Å². The van der Waals surface area contributed by atoms with Crippen LogP contribution in [0.1, 0.15) is 10.5 Å². The monoisotopic (exact) mass is 192 g/mol. The maximum atomic E-state index is 10.8. The molecule has 2 N–H and O–H groups in total. The molecule has 0 bridgehead atoms.